The normalized spacial score (nSPS) is 21.4. The van der Waals surface area contributed by atoms with Crippen molar-refractivity contribution in [2.75, 3.05) is 18.4 Å². The zero-order chi connectivity index (χ0) is 13.8. The second-order valence-corrected chi connectivity index (χ2v) is 5.57. The molecule has 1 aromatic carbocycles. The standard InChI is InChI=1S/C15H23FN2O/c1-11(2)18-8-3-4-12(7-9-18)17-13-5-6-15(19)14(16)10-13/h5-6,10-12,17,19H,3-4,7-9H2,1-2H3. The van der Waals surface area contributed by atoms with Gasteiger partial charge in [0, 0.05) is 30.4 Å². The summed E-state index contributed by atoms with van der Waals surface area (Å²) >= 11 is 0. The number of rotatable bonds is 3. The van der Waals surface area contributed by atoms with Gasteiger partial charge in [-0.05, 0) is 51.8 Å². The molecule has 1 fully saturated rings. The van der Waals surface area contributed by atoms with Gasteiger partial charge in [-0.1, -0.05) is 0 Å². The molecule has 2 rings (SSSR count). The number of nitrogens with zero attached hydrogens (tertiary/aromatic N) is 1. The minimum absolute atomic E-state index is 0.294. The van der Waals surface area contributed by atoms with Crippen LogP contribution in [0.4, 0.5) is 10.1 Å². The number of phenols is 1. The van der Waals surface area contributed by atoms with Gasteiger partial charge in [0.25, 0.3) is 0 Å². The summed E-state index contributed by atoms with van der Waals surface area (Å²) in [5, 5.41) is 12.6. The van der Waals surface area contributed by atoms with Crippen molar-refractivity contribution in [1.29, 1.82) is 0 Å². The maximum atomic E-state index is 13.3. The third-order valence-electron chi connectivity index (χ3n) is 3.81. The highest BCUT2D eigenvalue weighted by atomic mass is 19.1. The molecule has 1 saturated heterocycles. The molecule has 1 aromatic rings. The lowest BCUT2D eigenvalue weighted by Crippen LogP contribution is -2.32. The predicted octanol–water partition coefficient (Wildman–Crippen LogP) is 3.21. The molecular formula is C15H23FN2O. The summed E-state index contributed by atoms with van der Waals surface area (Å²) in [6.45, 7) is 6.67. The van der Waals surface area contributed by atoms with E-state index >= 15 is 0 Å². The zero-order valence-corrected chi connectivity index (χ0v) is 11.7. The fourth-order valence-corrected chi connectivity index (χ4v) is 2.61. The highest BCUT2D eigenvalue weighted by Gasteiger charge is 2.18. The van der Waals surface area contributed by atoms with E-state index in [2.05, 4.69) is 24.1 Å². The Labute approximate surface area is 114 Å². The molecule has 4 heteroatoms. The Kier molecular flexibility index (Phi) is 4.64. The van der Waals surface area contributed by atoms with Crippen LogP contribution in [0.15, 0.2) is 18.2 Å². The summed E-state index contributed by atoms with van der Waals surface area (Å²) in [6, 6.07) is 5.45. The monoisotopic (exact) mass is 266 g/mol. The molecule has 0 saturated carbocycles. The van der Waals surface area contributed by atoms with E-state index in [9.17, 15) is 9.50 Å². The third kappa shape index (κ3) is 3.83. The predicted molar refractivity (Wildman–Crippen MR) is 76.0 cm³/mol. The van der Waals surface area contributed by atoms with Crippen molar-refractivity contribution in [3.8, 4) is 5.75 Å². The van der Waals surface area contributed by atoms with Gasteiger partial charge < -0.3 is 15.3 Å². The van der Waals surface area contributed by atoms with Crippen LogP contribution >= 0.6 is 0 Å². The quantitative estimate of drug-likeness (QED) is 0.825. The number of hydrogen-bond acceptors (Lipinski definition) is 3. The van der Waals surface area contributed by atoms with Crippen molar-refractivity contribution in [1.82, 2.24) is 4.90 Å². The van der Waals surface area contributed by atoms with Crippen molar-refractivity contribution in [2.24, 2.45) is 0 Å². The summed E-state index contributed by atoms with van der Waals surface area (Å²) in [7, 11) is 0. The largest absolute Gasteiger partial charge is 0.505 e. The average molecular weight is 266 g/mol. The van der Waals surface area contributed by atoms with E-state index < -0.39 is 5.82 Å². The number of halogens is 1. The van der Waals surface area contributed by atoms with Gasteiger partial charge >= 0.3 is 0 Å². The van der Waals surface area contributed by atoms with Gasteiger partial charge in [0.05, 0.1) is 0 Å². The minimum Gasteiger partial charge on any atom is -0.505 e. The molecule has 0 aromatic heterocycles. The number of aromatic hydroxyl groups is 1. The Bertz CT molecular complexity index is 423. The second-order valence-electron chi connectivity index (χ2n) is 5.57. The van der Waals surface area contributed by atoms with Crippen LogP contribution in [0.1, 0.15) is 33.1 Å². The van der Waals surface area contributed by atoms with Crippen molar-refractivity contribution in [3.63, 3.8) is 0 Å². The molecule has 0 spiro atoms. The first-order valence-electron chi connectivity index (χ1n) is 7.05. The van der Waals surface area contributed by atoms with Crippen molar-refractivity contribution < 1.29 is 9.50 Å². The Morgan fingerprint density at radius 2 is 2.11 bits per heavy atom. The molecule has 3 nitrogen and oxygen atoms in total. The maximum Gasteiger partial charge on any atom is 0.166 e. The molecule has 1 unspecified atom stereocenters. The molecule has 1 heterocycles. The highest BCUT2D eigenvalue weighted by Crippen LogP contribution is 2.22. The fraction of sp³-hybridized carbons (Fsp3) is 0.600. The van der Waals surface area contributed by atoms with E-state index in [4.69, 9.17) is 0 Å². The molecule has 2 N–H and O–H groups in total. The number of hydrogen-bond donors (Lipinski definition) is 2. The molecule has 1 aliphatic rings. The average Bonchev–Trinajstić information content (AvgIpc) is 2.59. The summed E-state index contributed by atoms with van der Waals surface area (Å²) in [4.78, 5) is 2.49. The minimum atomic E-state index is -0.567. The number of nitrogens with one attached hydrogen (secondary N) is 1. The van der Waals surface area contributed by atoms with Crippen LogP contribution in [0.25, 0.3) is 0 Å². The molecule has 0 bridgehead atoms. The Hall–Kier alpha value is -1.29. The van der Waals surface area contributed by atoms with E-state index in [1.165, 1.54) is 12.1 Å². The Morgan fingerprint density at radius 3 is 2.79 bits per heavy atom. The molecular weight excluding hydrogens is 243 g/mol. The summed E-state index contributed by atoms with van der Waals surface area (Å²) in [5.74, 6) is -0.861. The molecule has 1 aliphatic heterocycles. The van der Waals surface area contributed by atoms with Gasteiger partial charge in [0.1, 0.15) is 0 Å². The van der Waals surface area contributed by atoms with Crippen molar-refractivity contribution in [2.45, 2.75) is 45.2 Å². The first kappa shape index (κ1) is 14.1. The first-order chi connectivity index (χ1) is 9.06. The molecule has 19 heavy (non-hydrogen) atoms. The number of benzene rings is 1. The maximum absolute atomic E-state index is 13.3. The van der Waals surface area contributed by atoms with E-state index in [1.54, 1.807) is 6.07 Å². The lowest BCUT2D eigenvalue weighted by atomic mass is 10.1. The topological polar surface area (TPSA) is 35.5 Å². The fourth-order valence-electron chi connectivity index (χ4n) is 2.61. The number of anilines is 1. The van der Waals surface area contributed by atoms with Crippen molar-refractivity contribution >= 4 is 5.69 Å². The molecule has 0 aliphatic carbocycles. The van der Waals surface area contributed by atoms with Crippen LogP contribution in [0.5, 0.6) is 5.75 Å². The van der Waals surface area contributed by atoms with E-state index in [0.29, 0.717) is 12.1 Å². The number of phenolic OH excluding ortho intramolecular Hbond substituents is 1. The Balaban J connectivity index is 1.94. The van der Waals surface area contributed by atoms with Gasteiger partial charge in [-0.15, -0.1) is 0 Å². The summed E-state index contributed by atoms with van der Waals surface area (Å²) in [6.07, 6.45) is 3.34. The smallest absolute Gasteiger partial charge is 0.166 e. The molecule has 0 radical (unpaired) electrons. The molecule has 0 amide bonds. The van der Waals surface area contributed by atoms with Gasteiger partial charge in [-0.25, -0.2) is 4.39 Å². The molecule has 106 valence electrons. The van der Waals surface area contributed by atoms with Crippen LogP contribution < -0.4 is 5.32 Å². The van der Waals surface area contributed by atoms with Gasteiger partial charge in [-0.2, -0.15) is 0 Å². The van der Waals surface area contributed by atoms with Crippen LogP contribution in [-0.4, -0.2) is 35.2 Å². The lowest BCUT2D eigenvalue weighted by Gasteiger charge is -2.24. The zero-order valence-electron chi connectivity index (χ0n) is 11.7. The summed E-state index contributed by atoms with van der Waals surface area (Å²) in [5.41, 5.74) is 0.748. The number of likely N-dealkylation sites (tertiary alicyclic amines) is 1. The Morgan fingerprint density at radius 1 is 1.32 bits per heavy atom. The van der Waals surface area contributed by atoms with Crippen LogP contribution in [0.2, 0.25) is 0 Å². The van der Waals surface area contributed by atoms with Crippen LogP contribution in [-0.2, 0) is 0 Å². The van der Waals surface area contributed by atoms with Crippen LogP contribution in [0, 0.1) is 5.82 Å². The summed E-state index contributed by atoms with van der Waals surface area (Å²) < 4.78 is 13.3. The third-order valence-corrected chi connectivity index (χ3v) is 3.81. The van der Waals surface area contributed by atoms with Gasteiger partial charge in [0.15, 0.2) is 11.6 Å². The highest BCUT2D eigenvalue weighted by molar-refractivity contribution is 5.47. The van der Waals surface area contributed by atoms with Gasteiger partial charge in [0.2, 0.25) is 0 Å². The van der Waals surface area contributed by atoms with E-state index in [1.807, 2.05) is 0 Å². The first-order valence-corrected chi connectivity index (χ1v) is 7.05. The lowest BCUT2D eigenvalue weighted by molar-refractivity contribution is 0.230. The SMILES string of the molecule is CC(C)N1CCCC(Nc2ccc(O)c(F)c2)CC1. The van der Waals surface area contributed by atoms with Crippen molar-refractivity contribution in [3.05, 3.63) is 24.0 Å². The van der Waals surface area contributed by atoms with Crippen LogP contribution in [0.3, 0.4) is 0 Å². The molecule has 1 atom stereocenters. The van der Waals surface area contributed by atoms with E-state index in [-0.39, 0.29) is 5.75 Å². The second kappa shape index (κ2) is 6.24. The van der Waals surface area contributed by atoms with Gasteiger partial charge in [-0.3, -0.25) is 0 Å². The van der Waals surface area contributed by atoms with E-state index in [0.717, 1.165) is 38.0 Å².